The van der Waals surface area contributed by atoms with E-state index in [4.69, 9.17) is 4.74 Å². The number of ether oxygens (including phenoxy) is 1. The Kier molecular flexibility index (Phi) is 4.03. The van der Waals surface area contributed by atoms with Gasteiger partial charge in [0.05, 0.1) is 12.7 Å². The summed E-state index contributed by atoms with van der Waals surface area (Å²) in [6.45, 7) is 3.35. The van der Waals surface area contributed by atoms with E-state index in [0.717, 1.165) is 25.1 Å². The molecule has 1 aliphatic carbocycles. The lowest BCUT2D eigenvalue weighted by molar-refractivity contribution is -0.123. The second-order valence-electron chi connectivity index (χ2n) is 5.65. The topological polar surface area (TPSA) is 50.4 Å². The molecule has 2 N–H and O–H groups in total. The molecule has 108 valence electrons. The minimum Gasteiger partial charge on any atom is -0.375 e. The summed E-state index contributed by atoms with van der Waals surface area (Å²) < 4.78 is 5.54. The van der Waals surface area contributed by atoms with E-state index in [9.17, 15) is 4.79 Å². The van der Waals surface area contributed by atoms with E-state index < -0.39 is 0 Å². The van der Waals surface area contributed by atoms with Crippen LogP contribution in [0, 0.1) is 0 Å². The van der Waals surface area contributed by atoms with Crippen LogP contribution in [0.3, 0.4) is 0 Å². The zero-order chi connectivity index (χ0) is 13.9. The number of amides is 1. The van der Waals surface area contributed by atoms with Gasteiger partial charge in [0, 0.05) is 12.2 Å². The predicted octanol–water partition coefficient (Wildman–Crippen LogP) is 1.88. The highest BCUT2D eigenvalue weighted by Gasteiger charge is 2.28. The van der Waals surface area contributed by atoms with Gasteiger partial charge < -0.3 is 15.4 Å². The minimum atomic E-state index is -0.261. The molecule has 1 amide bonds. The van der Waals surface area contributed by atoms with Crippen molar-refractivity contribution in [1.29, 1.82) is 0 Å². The Balaban J connectivity index is 1.75. The lowest BCUT2D eigenvalue weighted by atomic mass is 9.90. The minimum absolute atomic E-state index is 0.0103. The number of anilines is 1. The average molecular weight is 274 g/mol. The molecule has 0 bridgehead atoms. The molecule has 20 heavy (non-hydrogen) atoms. The number of carbonyl (C=O) groups excluding carboxylic acids is 1. The fourth-order valence-electron chi connectivity index (χ4n) is 3.14. The smallest absolute Gasteiger partial charge is 0.244 e. The molecule has 4 nitrogen and oxygen atoms in total. The summed E-state index contributed by atoms with van der Waals surface area (Å²) in [5, 5.41) is 6.32. The maximum Gasteiger partial charge on any atom is 0.244 e. The Morgan fingerprint density at radius 2 is 2.20 bits per heavy atom. The van der Waals surface area contributed by atoms with Crippen LogP contribution in [0.2, 0.25) is 0 Å². The van der Waals surface area contributed by atoms with Gasteiger partial charge in [-0.25, -0.2) is 0 Å². The van der Waals surface area contributed by atoms with Crippen LogP contribution < -0.4 is 10.6 Å². The van der Waals surface area contributed by atoms with Crippen LogP contribution in [-0.2, 0) is 22.4 Å². The Labute approximate surface area is 119 Å². The van der Waals surface area contributed by atoms with E-state index >= 15 is 0 Å². The zero-order valence-corrected chi connectivity index (χ0v) is 11.9. The van der Waals surface area contributed by atoms with Gasteiger partial charge in [-0.15, -0.1) is 0 Å². The van der Waals surface area contributed by atoms with Gasteiger partial charge in [-0.1, -0.05) is 12.1 Å². The van der Waals surface area contributed by atoms with Gasteiger partial charge in [-0.05, 0) is 49.8 Å². The Morgan fingerprint density at radius 1 is 1.35 bits per heavy atom. The molecule has 4 heteroatoms. The molecule has 1 aliphatic heterocycles. The van der Waals surface area contributed by atoms with Gasteiger partial charge in [0.1, 0.15) is 6.04 Å². The highest BCUT2D eigenvalue weighted by atomic mass is 16.5. The Bertz CT molecular complexity index is 501. The fraction of sp³-hybridized carbons (Fsp3) is 0.562. The van der Waals surface area contributed by atoms with Crippen LogP contribution in [0.25, 0.3) is 0 Å². The van der Waals surface area contributed by atoms with Crippen molar-refractivity contribution in [3.05, 3.63) is 29.3 Å². The van der Waals surface area contributed by atoms with E-state index in [0.29, 0.717) is 6.61 Å². The van der Waals surface area contributed by atoms with Crippen molar-refractivity contribution in [3.63, 3.8) is 0 Å². The van der Waals surface area contributed by atoms with Gasteiger partial charge in [0.15, 0.2) is 0 Å². The van der Waals surface area contributed by atoms with Crippen LogP contribution >= 0.6 is 0 Å². The lowest BCUT2D eigenvalue weighted by Gasteiger charge is -2.30. The molecule has 0 spiro atoms. The zero-order valence-electron chi connectivity index (χ0n) is 11.9. The molecular weight excluding hydrogens is 252 g/mol. The second-order valence-corrected chi connectivity index (χ2v) is 5.65. The summed E-state index contributed by atoms with van der Waals surface area (Å²) in [6, 6.07) is 5.96. The van der Waals surface area contributed by atoms with E-state index in [1.807, 2.05) is 19.1 Å². The molecule has 0 saturated carbocycles. The number of rotatable bonds is 2. The summed E-state index contributed by atoms with van der Waals surface area (Å²) in [7, 11) is 0. The molecule has 2 aliphatic rings. The molecule has 0 aromatic heterocycles. The van der Waals surface area contributed by atoms with Crippen LogP contribution in [0.15, 0.2) is 18.2 Å². The highest BCUT2D eigenvalue weighted by molar-refractivity contribution is 5.96. The molecule has 0 radical (unpaired) electrons. The third-order valence-electron chi connectivity index (χ3n) is 4.25. The lowest BCUT2D eigenvalue weighted by Crippen LogP contribution is -2.53. The molecule has 1 fully saturated rings. The molecule has 1 saturated heterocycles. The van der Waals surface area contributed by atoms with Crippen molar-refractivity contribution in [2.24, 2.45) is 0 Å². The quantitative estimate of drug-likeness (QED) is 0.866. The summed E-state index contributed by atoms with van der Waals surface area (Å²) in [4.78, 5) is 12.4. The SMILES string of the molecule is C[C@H]1OCCN[C@@H]1C(=O)Nc1cccc2c1CCCC2. The summed E-state index contributed by atoms with van der Waals surface area (Å²) in [5.41, 5.74) is 3.68. The van der Waals surface area contributed by atoms with Crippen molar-refractivity contribution in [2.75, 3.05) is 18.5 Å². The molecular formula is C16H22N2O2. The second kappa shape index (κ2) is 5.94. The largest absolute Gasteiger partial charge is 0.375 e. The molecule has 3 rings (SSSR count). The number of morpholine rings is 1. The molecule has 1 aromatic carbocycles. The number of hydrogen-bond donors (Lipinski definition) is 2. The number of aryl methyl sites for hydroxylation is 1. The summed E-state index contributed by atoms with van der Waals surface area (Å²) in [5.74, 6) is 0.0103. The number of carbonyl (C=O) groups is 1. The number of hydrogen-bond acceptors (Lipinski definition) is 3. The van der Waals surface area contributed by atoms with Crippen molar-refractivity contribution >= 4 is 11.6 Å². The van der Waals surface area contributed by atoms with Crippen molar-refractivity contribution < 1.29 is 9.53 Å². The molecule has 1 aromatic rings. The Hall–Kier alpha value is -1.39. The van der Waals surface area contributed by atoms with Crippen LogP contribution in [0.1, 0.15) is 30.9 Å². The molecule has 0 unspecified atom stereocenters. The normalized spacial score (nSPS) is 25.9. The highest BCUT2D eigenvalue weighted by Crippen LogP contribution is 2.28. The maximum absolute atomic E-state index is 12.4. The average Bonchev–Trinajstić information content (AvgIpc) is 2.48. The monoisotopic (exact) mass is 274 g/mol. The first-order valence-corrected chi connectivity index (χ1v) is 7.52. The van der Waals surface area contributed by atoms with Gasteiger partial charge in [0.25, 0.3) is 0 Å². The first-order valence-electron chi connectivity index (χ1n) is 7.52. The van der Waals surface area contributed by atoms with Gasteiger partial charge in [-0.2, -0.15) is 0 Å². The number of nitrogens with one attached hydrogen (secondary N) is 2. The van der Waals surface area contributed by atoms with Crippen molar-refractivity contribution in [2.45, 2.75) is 44.8 Å². The van der Waals surface area contributed by atoms with Crippen molar-refractivity contribution in [1.82, 2.24) is 5.32 Å². The summed E-state index contributed by atoms with van der Waals surface area (Å²) in [6.07, 6.45) is 4.57. The van der Waals surface area contributed by atoms with Crippen molar-refractivity contribution in [3.8, 4) is 0 Å². The van der Waals surface area contributed by atoms with E-state index in [-0.39, 0.29) is 18.1 Å². The van der Waals surface area contributed by atoms with E-state index in [1.165, 1.54) is 24.0 Å². The van der Waals surface area contributed by atoms with E-state index in [1.54, 1.807) is 0 Å². The molecule has 1 heterocycles. The first-order chi connectivity index (χ1) is 9.75. The predicted molar refractivity (Wildman–Crippen MR) is 78.9 cm³/mol. The molecule has 2 atom stereocenters. The van der Waals surface area contributed by atoms with E-state index in [2.05, 4.69) is 16.7 Å². The van der Waals surface area contributed by atoms with Crippen LogP contribution in [0.4, 0.5) is 5.69 Å². The third kappa shape index (κ3) is 2.72. The fourth-order valence-corrected chi connectivity index (χ4v) is 3.14. The standard InChI is InChI=1S/C16H22N2O2/c1-11-15(17-9-10-20-11)16(19)18-14-8-4-6-12-5-2-3-7-13(12)14/h4,6,8,11,15,17H,2-3,5,7,9-10H2,1H3,(H,18,19)/t11-,15+/m1/s1. The number of benzene rings is 1. The van der Waals surface area contributed by atoms with Crippen LogP contribution in [-0.4, -0.2) is 31.2 Å². The Morgan fingerprint density at radius 3 is 3.05 bits per heavy atom. The van der Waals surface area contributed by atoms with Gasteiger partial charge in [-0.3, -0.25) is 4.79 Å². The summed E-state index contributed by atoms with van der Waals surface area (Å²) >= 11 is 0. The maximum atomic E-state index is 12.4. The number of fused-ring (bicyclic) bond motifs is 1. The van der Waals surface area contributed by atoms with Gasteiger partial charge in [0.2, 0.25) is 5.91 Å². The third-order valence-corrected chi connectivity index (χ3v) is 4.25. The van der Waals surface area contributed by atoms with Gasteiger partial charge >= 0.3 is 0 Å². The first kappa shape index (κ1) is 13.6. The van der Waals surface area contributed by atoms with Crippen LogP contribution in [0.5, 0.6) is 0 Å².